The van der Waals surface area contributed by atoms with E-state index < -0.39 is 0 Å². The average Bonchev–Trinajstić information content (AvgIpc) is 3.55. The van der Waals surface area contributed by atoms with Crippen LogP contribution < -0.4 is 4.90 Å². The Kier molecular flexibility index (Phi) is 6.17. The molecule has 0 aliphatic heterocycles. The van der Waals surface area contributed by atoms with Crippen molar-refractivity contribution >= 4 is 83.0 Å². The van der Waals surface area contributed by atoms with Gasteiger partial charge in [-0.2, -0.15) is 0 Å². The maximum absolute atomic E-state index is 6.78. The van der Waals surface area contributed by atoms with Crippen molar-refractivity contribution in [1.29, 1.82) is 0 Å². The van der Waals surface area contributed by atoms with Crippen molar-refractivity contribution in [2.75, 3.05) is 4.90 Å². The summed E-state index contributed by atoms with van der Waals surface area (Å²) in [7, 11) is 0. The number of anilines is 3. The fraction of sp³-hybridized carbons (Fsp3) is 0.0870. The summed E-state index contributed by atoms with van der Waals surface area (Å²) in [6, 6.07) is 44.2. The van der Waals surface area contributed by atoms with Crippen molar-refractivity contribution < 1.29 is 4.42 Å². The first-order valence-corrected chi connectivity index (χ1v) is 17.1. The van der Waals surface area contributed by atoms with E-state index in [-0.39, 0.29) is 0 Å². The lowest BCUT2D eigenvalue weighted by molar-refractivity contribution is 0.668. The van der Waals surface area contributed by atoms with Crippen LogP contribution in [0.2, 0.25) is 0 Å². The Bertz CT molecular complexity index is 2630. The summed E-state index contributed by atoms with van der Waals surface area (Å²) >= 11 is 0. The second-order valence-electron chi connectivity index (χ2n) is 13.0. The van der Waals surface area contributed by atoms with Gasteiger partial charge in [-0.3, -0.25) is 0 Å². The molecule has 7 aromatic carbocycles. The molecule has 2 aliphatic carbocycles. The predicted molar refractivity (Wildman–Crippen MR) is 205 cm³/mol. The molecule has 0 saturated heterocycles. The lowest BCUT2D eigenvalue weighted by Crippen LogP contribution is -2.10. The molecule has 2 aliphatic rings. The monoisotopic (exact) mass is 615 g/mol. The molecule has 1 aromatic heterocycles. The van der Waals surface area contributed by atoms with Crippen LogP contribution in [0.3, 0.4) is 0 Å². The van der Waals surface area contributed by atoms with Crippen molar-refractivity contribution in [1.82, 2.24) is 0 Å². The van der Waals surface area contributed by atoms with Crippen LogP contribution in [0.5, 0.6) is 0 Å². The topological polar surface area (TPSA) is 16.4 Å². The first-order chi connectivity index (χ1) is 23.8. The Labute approximate surface area is 279 Å². The summed E-state index contributed by atoms with van der Waals surface area (Å²) < 4.78 is 6.78. The standard InChI is InChI=1S/C46H33NO/c1-3-14-30(15-4-1)40-29-44-45(39-23-12-11-22-37(39)40)46-42(24-13-25-43(46)48-44)47(31-16-5-2-6-17-31)32-26-27-38-35-20-8-7-18-33(35)34-19-9-10-21-36(34)41(38)28-32/h1-3,5-10,12-14,16-21,23-29H,4,11,15,22H2. The van der Waals surface area contributed by atoms with Crippen molar-refractivity contribution in [3.05, 3.63) is 162 Å². The molecule has 0 radical (unpaired) electrons. The molecule has 1 heterocycles. The van der Waals surface area contributed by atoms with Gasteiger partial charge in [0.1, 0.15) is 11.2 Å². The van der Waals surface area contributed by atoms with Crippen LogP contribution in [-0.4, -0.2) is 0 Å². The van der Waals surface area contributed by atoms with E-state index in [1.54, 1.807) is 0 Å². The normalized spacial score (nSPS) is 14.3. The number of allylic oxidation sites excluding steroid dienone is 5. The highest BCUT2D eigenvalue weighted by molar-refractivity contribution is 6.26. The van der Waals surface area contributed by atoms with E-state index in [0.29, 0.717) is 0 Å². The van der Waals surface area contributed by atoms with Gasteiger partial charge in [0.2, 0.25) is 0 Å². The van der Waals surface area contributed by atoms with Gasteiger partial charge in [0, 0.05) is 16.8 Å². The Balaban J connectivity index is 1.27. The molecule has 228 valence electrons. The van der Waals surface area contributed by atoms with Gasteiger partial charge in [0.15, 0.2) is 0 Å². The third kappa shape index (κ3) is 4.12. The highest BCUT2D eigenvalue weighted by Crippen LogP contribution is 2.48. The quantitative estimate of drug-likeness (QED) is 0.183. The minimum absolute atomic E-state index is 0.913. The number of hydrogen-bond donors (Lipinski definition) is 0. The van der Waals surface area contributed by atoms with Crippen LogP contribution in [-0.2, 0) is 6.42 Å². The molecule has 0 spiro atoms. The fourth-order valence-electron chi connectivity index (χ4n) is 8.25. The molecule has 0 N–H and O–H groups in total. The number of rotatable bonds is 4. The van der Waals surface area contributed by atoms with Gasteiger partial charge in [-0.15, -0.1) is 0 Å². The Hall–Kier alpha value is -5.86. The fourth-order valence-corrected chi connectivity index (χ4v) is 8.25. The second kappa shape index (κ2) is 10.9. The summed E-state index contributed by atoms with van der Waals surface area (Å²) in [5.41, 5.74) is 10.7. The van der Waals surface area contributed by atoms with E-state index in [1.165, 1.54) is 60.0 Å². The van der Waals surface area contributed by atoms with E-state index in [0.717, 1.165) is 59.3 Å². The smallest absolute Gasteiger partial charge is 0.137 e. The summed E-state index contributed by atoms with van der Waals surface area (Å²) in [5, 5.41) is 10.0. The number of benzene rings is 7. The van der Waals surface area contributed by atoms with Crippen LogP contribution in [0.15, 0.2) is 150 Å². The van der Waals surface area contributed by atoms with Gasteiger partial charge in [-0.25, -0.2) is 0 Å². The van der Waals surface area contributed by atoms with Gasteiger partial charge in [-0.1, -0.05) is 109 Å². The molecule has 8 aromatic rings. The SMILES string of the molecule is C1=CCCC(c2cc3oc4cccc(N(c5ccccc5)c5ccc6c7ccccc7c7ccccc7c6c5)c4c3c3c2CCC=C3)=C1. The van der Waals surface area contributed by atoms with E-state index in [2.05, 4.69) is 157 Å². The average molecular weight is 616 g/mol. The maximum atomic E-state index is 6.78. The van der Waals surface area contributed by atoms with E-state index in [9.17, 15) is 0 Å². The highest BCUT2D eigenvalue weighted by atomic mass is 16.3. The minimum atomic E-state index is 0.913. The first kappa shape index (κ1) is 27.3. The van der Waals surface area contributed by atoms with Crippen molar-refractivity contribution in [3.63, 3.8) is 0 Å². The number of fused-ring (bicyclic) bond motifs is 11. The Morgan fingerprint density at radius 1 is 0.521 bits per heavy atom. The third-order valence-corrected chi connectivity index (χ3v) is 10.4. The number of furan rings is 1. The number of nitrogens with zero attached hydrogens (tertiary/aromatic N) is 1. The minimum Gasteiger partial charge on any atom is -0.456 e. The second-order valence-corrected chi connectivity index (χ2v) is 13.0. The molecule has 10 rings (SSSR count). The van der Waals surface area contributed by atoms with Crippen LogP contribution in [0, 0.1) is 0 Å². The van der Waals surface area contributed by atoms with Gasteiger partial charge < -0.3 is 9.32 Å². The maximum Gasteiger partial charge on any atom is 0.137 e. The lowest BCUT2D eigenvalue weighted by atomic mass is 9.84. The lowest BCUT2D eigenvalue weighted by Gasteiger charge is -2.27. The van der Waals surface area contributed by atoms with Gasteiger partial charge in [-0.05, 0) is 123 Å². The highest BCUT2D eigenvalue weighted by Gasteiger charge is 2.25. The molecule has 0 amide bonds. The summed E-state index contributed by atoms with van der Waals surface area (Å²) in [6.45, 7) is 0. The number of hydrogen-bond acceptors (Lipinski definition) is 2. The molecular formula is C46H33NO. The Morgan fingerprint density at radius 2 is 1.23 bits per heavy atom. The summed E-state index contributed by atoms with van der Waals surface area (Å²) in [5.74, 6) is 0. The molecule has 0 atom stereocenters. The molecule has 0 unspecified atom stereocenters. The summed E-state index contributed by atoms with van der Waals surface area (Å²) in [4.78, 5) is 2.42. The molecule has 2 nitrogen and oxygen atoms in total. The third-order valence-electron chi connectivity index (χ3n) is 10.4. The largest absolute Gasteiger partial charge is 0.456 e. The molecule has 0 fully saturated rings. The first-order valence-electron chi connectivity index (χ1n) is 17.1. The van der Waals surface area contributed by atoms with E-state index in [1.807, 2.05) is 0 Å². The van der Waals surface area contributed by atoms with Crippen molar-refractivity contribution in [2.45, 2.75) is 25.7 Å². The molecule has 2 heteroatoms. The Morgan fingerprint density at radius 3 is 1.98 bits per heavy atom. The molecule has 48 heavy (non-hydrogen) atoms. The zero-order valence-electron chi connectivity index (χ0n) is 26.6. The van der Waals surface area contributed by atoms with E-state index >= 15 is 0 Å². The van der Waals surface area contributed by atoms with Gasteiger partial charge >= 0.3 is 0 Å². The van der Waals surface area contributed by atoms with E-state index in [4.69, 9.17) is 4.42 Å². The zero-order chi connectivity index (χ0) is 31.6. The van der Waals surface area contributed by atoms with Crippen LogP contribution in [0.4, 0.5) is 17.1 Å². The summed E-state index contributed by atoms with van der Waals surface area (Å²) in [6.07, 6.45) is 15.7. The molecular weight excluding hydrogens is 583 g/mol. The van der Waals surface area contributed by atoms with Crippen molar-refractivity contribution in [2.24, 2.45) is 0 Å². The van der Waals surface area contributed by atoms with Crippen molar-refractivity contribution in [3.8, 4) is 0 Å². The number of para-hydroxylation sites is 1. The van der Waals surface area contributed by atoms with Crippen LogP contribution >= 0.6 is 0 Å². The van der Waals surface area contributed by atoms with Gasteiger partial charge in [0.25, 0.3) is 0 Å². The van der Waals surface area contributed by atoms with Gasteiger partial charge in [0.05, 0.1) is 11.1 Å². The molecule has 0 saturated carbocycles. The predicted octanol–water partition coefficient (Wildman–Crippen LogP) is 13.2. The van der Waals surface area contributed by atoms with Crippen LogP contribution in [0.1, 0.15) is 36.0 Å². The zero-order valence-corrected chi connectivity index (χ0v) is 26.6. The van der Waals surface area contributed by atoms with Crippen LogP contribution in [0.25, 0.3) is 65.9 Å². The molecule has 0 bridgehead atoms.